The van der Waals surface area contributed by atoms with Gasteiger partial charge in [0, 0.05) is 42.9 Å². The van der Waals surface area contributed by atoms with Gasteiger partial charge in [0.1, 0.15) is 17.5 Å². The molecule has 4 heterocycles. The molecule has 2 amide bonds. The molecule has 32 heavy (non-hydrogen) atoms. The monoisotopic (exact) mass is 452 g/mol. The number of aromatic nitrogens is 2. The van der Waals surface area contributed by atoms with Crippen LogP contribution in [0.3, 0.4) is 0 Å². The zero-order valence-electron chi connectivity index (χ0n) is 17.0. The summed E-state index contributed by atoms with van der Waals surface area (Å²) in [7, 11) is 0. The second kappa shape index (κ2) is 6.88. The lowest BCUT2D eigenvalue weighted by molar-refractivity contribution is -0.0585. The number of aryl methyl sites for hydroxylation is 1. The van der Waals surface area contributed by atoms with Gasteiger partial charge in [0.2, 0.25) is 0 Å². The normalized spacial score (nSPS) is 22.7. The third-order valence-corrected chi connectivity index (χ3v) is 6.12. The molecule has 1 unspecified atom stereocenters. The number of carbonyl (C=O) groups excluding carboxylic acids is 1. The van der Waals surface area contributed by atoms with E-state index < -0.39 is 46.9 Å². The first-order valence-corrected chi connectivity index (χ1v) is 9.97. The molecule has 168 valence electrons. The van der Waals surface area contributed by atoms with Gasteiger partial charge in [0.25, 0.3) is 5.92 Å². The van der Waals surface area contributed by atoms with Crippen molar-refractivity contribution >= 4 is 22.8 Å². The summed E-state index contributed by atoms with van der Waals surface area (Å²) in [5.74, 6) is -7.58. The maximum atomic E-state index is 14.6. The van der Waals surface area contributed by atoms with Crippen LogP contribution in [0.25, 0.3) is 22.2 Å². The van der Waals surface area contributed by atoms with Crippen molar-refractivity contribution in [2.45, 2.75) is 32.2 Å². The first-order chi connectivity index (χ1) is 15.1. The fraction of sp³-hybridized carbons (Fsp3) is 0.381. The van der Waals surface area contributed by atoms with Crippen LogP contribution in [0.4, 0.5) is 32.6 Å². The van der Waals surface area contributed by atoms with Gasteiger partial charge in [-0.05, 0) is 13.3 Å². The van der Waals surface area contributed by atoms with Gasteiger partial charge in [-0.15, -0.1) is 0 Å². The van der Waals surface area contributed by atoms with E-state index in [0.29, 0.717) is 17.8 Å². The third-order valence-electron chi connectivity index (χ3n) is 6.12. The van der Waals surface area contributed by atoms with E-state index in [1.165, 1.54) is 13.0 Å². The largest absolute Gasteiger partial charge is 0.354 e. The number of benzene rings is 1. The summed E-state index contributed by atoms with van der Waals surface area (Å²) in [4.78, 5) is 19.5. The lowest BCUT2D eigenvalue weighted by Crippen LogP contribution is -2.55. The van der Waals surface area contributed by atoms with Crippen LogP contribution in [0.15, 0.2) is 22.7 Å². The SMILES string of the molecule is Cc1cc2onc(N3CC[C@H]4N(CC(C)C4(F)F)C3=O)c2c(-c2c(F)cc(F)cc2F)n1. The third kappa shape index (κ3) is 2.86. The van der Waals surface area contributed by atoms with Crippen molar-refractivity contribution in [2.75, 3.05) is 18.0 Å². The number of carbonyl (C=O) groups is 1. The van der Waals surface area contributed by atoms with Gasteiger partial charge in [0.15, 0.2) is 11.4 Å². The molecule has 0 saturated carbocycles. The minimum atomic E-state index is -3.02. The molecule has 0 spiro atoms. The van der Waals surface area contributed by atoms with Crippen LogP contribution in [0.5, 0.6) is 0 Å². The molecule has 6 nitrogen and oxygen atoms in total. The number of urea groups is 1. The number of rotatable bonds is 2. The van der Waals surface area contributed by atoms with Crippen molar-refractivity contribution in [3.8, 4) is 11.3 Å². The molecule has 2 atom stereocenters. The molecular formula is C21H17F5N4O2. The number of amides is 2. The second-order valence-corrected chi connectivity index (χ2v) is 8.20. The van der Waals surface area contributed by atoms with Crippen LogP contribution in [0.2, 0.25) is 0 Å². The van der Waals surface area contributed by atoms with Gasteiger partial charge < -0.3 is 9.42 Å². The average Bonchev–Trinajstić information content (AvgIpc) is 3.21. The minimum absolute atomic E-state index is 0.0225. The second-order valence-electron chi connectivity index (χ2n) is 8.20. The van der Waals surface area contributed by atoms with E-state index in [-0.39, 0.29) is 42.0 Å². The molecule has 0 radical (unpaired) electrons. The highest BCUT2D eigenvalue weighted by Crippen LogP contribution is 2.44. The Bertz CT molecular complexity index is 1240. The molecule has 0 aliphatic carbocycles. The van der Waals surface area contributed by atoms with E-state index in [0.717, 1.165) is 9.80 Å². The van der Waals surface area contributed by atoms with Crippen molar-refractivity contribution in [3.05, 3.63) is 41.3 Å². The molecule has 2 aromatic heterocycles. The van der Waals surface area contributed by atoms with Crippen LogP contribution >= 0.6 is 0 Å². The van der Waals surface area contributed by atoms with Gasteiger partial charge in [-0.1, -0.05) is 12.1 Å². The van der Waals surface area contributed by atoms with Crippen molar-refractivity contribution in [2.24, 2.45) is 5.92 Å². The predicted octanol–water partition coefficient (Wildman–Crippen LogP) is 4.90. The lowest BCUT2D eigenvalue weighted by atomic mass is 9.99. The van der Waals surface area contributed by atoms with E-state index in [2.05, 4.69) is 10.1 Å². The summed E-state index contributed by atoms with van der Waals surface area (Å²) in [5, 5.41) is 3.93. The Morgan fingerprint density at radius 2 is 1.84 bits per heavy atom. The van der Waals surface area contributed by atoms with Crippen LogP contribution in [-0.2, 0) is 0 Å². The first kappa shape index (κ1) is 20.7. The number of nitrogens with zero attached hydrogens (tertiary/aromatic N) is 4. The highest BCUT2D eigenvalue weighted by molar-refractivity contribution is 6.06. The Kier molecular flexibility index (Phi) is 4.44. The smallest absolute Gasteiger partial charge is 0.326 e. The van der Waals surface area contributed by atoms with Crippen LogP contribution in [0, 0.1) is 30.3 Å². The molecular weight excluding hydrogens is 435 g/mol. The Morgan fingerprint density at radius 3 is 2.53 bits per heavy atom. The molecule has 2 aliphatic heterocycles. The van der Waals surface area contributed by atoms with E-state index in [1.54, 1.807) is 6.92 Å². The number of halogens is 5. The standard InChI is InChI=1S/C21H17F5N4O2/c1-9-8-30-15(21(9,25)26)3-4-29(20(30)31)19-17-14(32-28-19)5-10(2)27-18(17)16-12(23)6-11(22)7-13(16)24/h5-7,9,15H,3-4,8H2,1-2H3/t9?,15-/m1/s1. The molecule has 2 fully saturated rings. The maximum Gasteiger partial charge on any atom is 0.326 e. The summed E-state index contributed by atoms with van der Waals surface area (Å²) in [6.45, 7) is 2.72. The lowest BCUT2D eigenvalue weighted by Gasteiger charge is -2.37. The van der Waals surface area contributed by atoms with Crippen molar-refractivity contribution in [1.29, 1.82) is 0 Å². The molecule has 0 N–H and O–H groups in total. The van der Waals surface area contributed by atoms with Gasteiger partial charge in [0.05, 0.1) is 22.7 Å². The molecule has 1 aromatic carbocycles. The van der Waals surface area contributed by atoms with E-state index in [1.807, 2.05) is 0 Å². The van der Waals surface area contributed by atoms with Gasteiger partial charge in [-0.25, -0.2) is 26.7 Å². The molecule has 0 bridgehead atoms. The predicted molar refractivity (Wildman–Crippen MR) is 104 cm³/mol. The van der Waals surface area contributed by atoms with E-state index in [9.17, 15) is 26.7 Å². The van der Waals surface area contributed by atoms with E-state index in [4.69, 9.17) is 4.52 Å². The highest BCUT2D eigenvalue weighted by atomic mass is 19.3. The maximum absolute atomic E-state index is 14.6. The Balaban J connectivity index is 1.66. The van der Waals surface area contributed by atoms with Crippen molar-refractivity contribution in [1.82, 2.24) is 15.0 Å². The Hall–Kier alpha value is -3.24. The molecule has 2 aliphatic rings. The highest BCUT2D eigenvalue weighted by Gasteiger charge is 2.58. The first-order valence-electron chi connectivity index (χ1n) is 9.97. The van der Waals surface area contributed by atoms with Gasteiger partial charge in [-0.2, -0.15) is 0 Å². The van der Waals surface area contributed by atoms with Crippen LogP contribution in [0.1, 0.15) is 19.0 Å². The number of fused-ring (bicyclic) bond motifs is 2. The molecule has 11 heteroatoms. The topological polar surface area (TPSA) is 62.5 Å². The van der Waals surface area contributed by atoms with Gasteiger partial charge in [-0.3, -0.25) is 9.88 Å². The fourth-order valence-corrected chi connectivity index (χ4v) is 4.54. The quantitative estimate of drug-likeness (QED) is 0.519. The number of hydrogen-bond acceptors (Lipinski definition) is 4. The number of hydrogen-bond donors (Lipinski definition) is 0. The minimum Gasteiger partial charge on any atom is -0.354 e. The zero-order valence-corrected chi connectivity index (χ0v) is 17.0. The average molecular weight is 452 g/mol. The molecule has 3 aromatic rings. The Labute approximate surface area is 178 Å². The zero-order chi connectivity index (χ0) is 22.9. The van der Waals surface area contributed by atoms with Gasteiger partial charge >= 0.3 is 6.03 Å². The summed E-state index contributed by atoms with van der Waals surface area (Å²) < 4.78 is 76.8. The van der Waals surface area contributed by atoms with Crippen molar-refractivity contribution in [3.63, 3.8) is 0 Å². The summed E-state index contributed by atoms with van der Waals surface area (Å²) >= 11 is 0. The number of pyridine rings is 1. The number of anilines is 1. The fourth-order valence-electron chi connectivity index (χ4n) is 4.54. The molecule has 5 rings (SSSR count). The van der Waals surface area contributed by atoms with Crippen molar-refractivity contribution < 1.29 is 31.3 Å². The summed E-state index contributed by atoms with van der Waals surface area (Å²) in [6, 6.07) is 0.577. The number of alkyl halides is 2. The van der Waals surface area contributed by atoms with Crippen LogP contribution in [-0.4, -0.2) is 46.1 Å². The summed E-state index contributed by atoms with van der Waals surface area (Å²) in [6.07, 6.45) is -0.0225. The summed E-state index contributed by atoms with van der Waals surface area (Å²) in [5.41, 5.74) is -0.383. The Morgan fingerprint density at radius 1 is 1.16 bits per heavy atom. The van der Waals surface area contributed by atoms with E-state index >= 15 is 0 Å². The van der Waals surface area contributed by atoms with Crippen LogP contribution < -0.4 is 4.90 Å². The molecule has 2 saturated heterocycles.